The van der Waals surface area contributed by atoms with Gasteiger partial charge in [-0.3, -0.25) is 9.59 Å². The molecule has 0 aliphatic heterocycles. The Bertz CT molecular complexity index is 837. The van der Waals surface area contributed by atoms with Gasteiger partial charge < -0.3 is 15.0 Å². The number of carbonyl (C=O) groups is 3. The third-order valence-corrected chi connectivity index (χ3v) is 4.87. The number of nitrogens with one attached hydrogen (secondary N) is 1. The Labute approximate surface area is 169 Å². The second-order valence-corrected chi connectivity index (χ2v) is 6.99. The minimum absolute atomic E-state index is 0.128. The molecule has 0 fully saturated rings. The fourth-order valence-electron chi connectivity index (χ4n) is 2.49. The highest BCUT2D eigenvalue weighted by atomic mass is 32.2. The molecule has 0 saturated carbocycles. The Morgan fingerprint density at radius 2 is 1.75 bits per heavy atom. The van der Waals surface area contributed by atoms with E-state index in [9.17, 15) is 14.4 Å². The standard InChI is InChI=1S/C21H24N2O4S/c1-4-15-7-5-6-8-18(15)22-19(24)13-23(2)20(25)14-27-21(26)16-9-11-17(28-3)12-10-16/h5-12H,4,13-14H2,1-3H3,(H,22,24). The van der Waals surface area contributed by atoms with Crippen LogP contribution < -0.4 is 5.32 Å². The van der Waals surface area contributed by atoms with Gasteiger partial charge in [0.1, 0.15) is 0 Å². The van der Waals surface area contributed by atoms with Crippen LogP contribution in [-0.4, -0.2) is 49.1 Å². The monoisotopic (exact) mass is 400 g/mol. The van der Waals surface area contributed by atoms with Gasteiger partial charge in [0.25, 0.3) is 5.91 Å². The average molecular weight is 401 g/mol. The SMILES string of the molecule is CCc1ccccc1NC(=O)CN(C)C(=O)COC(=O)c1ccc(SC)cc1. The number of esters is 1. The molecule has 2 amide bonds. The van der Waals surface area contributed by atoms with Gasteiger partial charge in [0, 0.05) is 17.6 Å². The van der Waals surface area contributed by atoms with E-state index in [1.807, 2.05) is 49.6 Å². The predicted molar refractivity (Wildman–Crippen MR) is 111 cm³/mol. The van der Waals surface area contributed by atoms with Gasteiger partial charge in [-0.2, -0.15) is 0 Å². The lowest BCUT2D eigenvalue weighted by atomic mass is 10.1. The van der Waals surface area contributed by atoms with Crippen molar-refractivity contribution in [1.82, 2.24) is 4.90 Å². The third kappa shape index (κ3) is 6.13. The largest absolute Gasteiger partial charge is 0.452 e. The molecular formula is C21H24N2O4S. The maximum atomic E-state index is 12.2. The zero-order chi connectivity index (χ0) is 20.5. The number of ether oxygens (including phenoxy) is 1. The maximum absolute atomic E-state index is 12.2. The van der Waals surface area contributed by atoms with Crippen LogP contribution in [0.5, 0.6) is 0 Å². The molecule has 0 spiro atoms. The van der Waals surface area contributed by atoms with Crippen molar-refractivity contribution in [3.8, 4) is 0 Å². The number of nitrogens with zero attached hydrogens (tertiary/aromatic N) is 1. The van der Waals surface area contributed by atoms with Gasteiger partial charge in [-0.15, -0.1) is 11.8 Å². The van der Waals surface area contributed by atoms with E-state index in [4.69, 9.17) is 4.74 Å². The highest BCUT2D eigenvalue weighted by Gasteiger charge is 2.16. The van der Waals surface area contributed by atoms with Crippen molar-refractivity contribution >= 4 is 35.2 Å². The van der Waals surface area contributed by atoms with Crippen LogP contribution >= 0.6 is 11.8 Å². The molecule has 0 saturated heterocycles. The summed E-state index contributed by atoms with van der Waals surface area (Å²) in [6.45, 7) is 1.46. The van der Waals surface area contributed by atoms with E-state index in [1.54, 1.807) is 23.9 Å². The molecule has 2 aromatic rings. The molecule has 0 atom stereocenters. The summed E-state index contributed by atoms with van der Waals surface area (Å²) in [7, 11) is 1.49. The number of para-hydroxylation sites is 1. The smallest absolute Gasteiger partial charge is 0.338 e. The van der Waals surface area contributed by atoms with E-state index in [0.717, 1.165) is 22.6 Å². The average Bonchev–Trinajstić information content (AvgIpc) is 2.72. The first-order valence-electron chi connectivity index (χ1n) is 8.87. The molecule has 2 rings (SSSR count). The molecule has 0 aliphatic carbocycles. The highest BCUT2D eigenvalue weighted by molar-refractivity contribution is 7.98. The first-order valence-corrected chi connectivity index (χ1v) is 10.1. The number of thioether (sulfide) groups is 1. The lowest BCUT2D eigenvalue weighted by Crippen LogP contribution is -2.37. The summed E-state index contributed by atoms with van der Waals surface area (Å²) in [5.41, 5.74) is 2.13. The molecule has 6 nitrogen and oxygen atoms in total. The maximum Gasteiger partial charge on any atom is 0.338 e. The van der Waals surface area contributed by atoms with Crippen molar-refractivity contribution in [3.05, 3.63) is 59.7 Å². The minimum Gasteiger partial charge on any atom is -0.452 e. The molecule has 2 aromatic carbocycles. The van der Waals surface area contributed by atoms with E-state index in [2.05, 4.69) is 5.32 Å². The summed E-state index contributed by atoms with van der Waals surface area (Å²) in [6, 6.07) is 14.4. The number of hydrogen-bond donors (Lipinski definition) is 1. The van der Waals surface area contributed by atoms with Crippen LogP contribution in [-0.2, 0) is 20.7 Å². The third-order valence-electron chi connectivity index (χ3n) is 4.13. The molecule has 0 aromatic heterocycles. The summed E-state index contributed by atoms with van der Waals surface area (Å²) in [5.74, 6) is -1.33. The van der Waals surface area contributed by atoms with Gasteiger partial charge in [-0.1, -0.05) is 25.1 Å². The van der Waals surface area contributed by atoms with Crippen molar-refractivity contribution in [2.75, 3.05) is 31.8 Å². The molecule has 1 N–H and O–H groups in total. The predicted octanol–water partition coefficient (Wildman–Crippen LogP) is 3.22. The highest BCUT2D eigenvalue weighted by Crippen LogP contribution is 2.16. The summed E-state index contributed by atoms with van der Waals surface area (Å²) in [6.07, 6.45) is 2.73. The first kappa shape index (κ1) is 21.5. The first-order chi connectivity index (χ1) is 13.4. The van der Waals surface area contributed by atoms with Gasteiger partial charge in [0.2, 0.25) is 5.91 Å². The van der Waals surface area contributed by atoms with Crippen LogP contribution in [0.15, 0.2) is 53.4 Å². The van der Waals surface area contributed by atoms with E-state index in [1.165, 1.54) is 11.9 Å². The van der Waals surface area contributed by atoms with Crippen molar-refractivity contribution in [2.45, 2.75) is 18.2 Å². The zero-order valence-electron chi connectivity index (χ0n) is 16.2. The second-order valence-electron chi connectivity index (χ2n) is 6.11. The molecule has 0 bridgehead atoms. The van der Waals surface area contributed by atoms with Crippen LogP contribution in [0.1, 0.15) is 22.8 Å². The van der Waals surface area contributed by atoms with E-state index >= 15 is 0 Å². The molecule has 148 valence electrons. The van der Waals surface area contributed by atoms with Crippen molar-refractivity contribution in [1.29, 1.82) is 0 Å². The summed E-state index contributed by atoms with van der Waals surface area (Å²) < 4.78 is 5.05. The fraction of sp³-hybridized carbons (Fsp3) is 0.286. The van der Waals surface area contributed by atoms with E-state index in [-0.39, 0.29) is 12.5 Å². The Morgan fingerprint density at radius 3 is 2.39 bits per heavy atom. The Hall–Kier alpha value is -2.80. The number of rotatable bonds is 8. The van der Waals surface area contributed by atoms with Crippen molar-refractivity contribution < 1.29 is 19.1 Å². The number of likely N-dealkylation sites (N-methyl/N-ethyl adjacent to an activating group) is 1. The van der Waals surface area contributed by atoms with Crippen molar-refractivity contribution in [3.63, 3.8) is 0 Å². The van der Waals surface area contributed by atoms with Crippen LogP contribution in [0.4, 0.5) is 5.69 Å². The Morgan fingerprint density at radius 1 is 1.07 bits per heavy atom. The number of anilines is 1. The van der Waals surface area contributed by atoms with E-state index < -0.39 is 18.5 Å². The summed E-state index contributed by atoms with van der Waals surface area (Å²) >= 11 is 1.57. The number of carbonyl (C=O) groups excluding carboxylic acids is 3. The molecule has 0 heterocycles. The normalized spacial score (nSPS) is 10.2. The molecule has 0 aliphatic rings. The molecular weight excluding hydrogens is 376 g/mol. The minimum atomic E-state index is -0.573. The van der Waals surface area contributed by atoms with Gasteiger partial charge >= 0.3 is 5.97 Å². The van der Waals surface area contributed by atoms with Gasteiger partial charge in [-0.25, -0.2) is 4.79 Å². The number of aryl methyl sites for hydroxylation is 1. The molecule has 0 unspecified atom stereocenters. The van der Waals surface area contributed by atoms with Gasteiger partial charge in [0.15, 0.2) is 6.61 Å². The van der Waals surface area contributed by atoms with Crippen LogP contribution in [0.3, 0.4) is 0 Å². The lowest BCUT2D eigenvalue weighted by molar-refractivity contribution is -0.136. The summed E-state index contributed by atoms with van der Waals surface area (Å²) in [4.78, 5) is 38.6. The van der Waals surface area contributed by atoms with Crippen LogP contribution in [0, 0.1) is 0 Å². The Kier molecular flexibility index (Phi) is 8.07. The Balaban J connectivity index is 1.83. The fourth-order valence-corrected chi connectivity index (χ4v) is 2.90. The lowest BCUT2D eigenvalue weighted by Gasteiger charge is -2.17. The van der Waals surface area contributed by atoms with Gasteiger partial charge in [0.05, 0.1) is 12.1 Å². The number of benzene rings is 2. The number of amides is 2. The topological polar surface area (TPSA) is 75.7 Å². The zero-order valence-corrected chi connectivity index (χ0v) is 17.0. The quantitative estimate of drug-likeness (QED) is 0.544. The van der Waals surface area contributed by atoms with Crippen LogP contribution in [0.25, 0.3) is 0 Å². The molecule has 7 heteroatoms. The van der Waals surface area contributed by atoms with Crippen molar-refractivity contribution in [2.24, 2.45) is 0 Å². The van der Waals surface area contributed by atoms with E-state index in [0.29, 0.717) is 5.56 Å². The molecule has 28 heavy (non-hydrogen) atoms. The number of hydrogen-bond acceptors (Lipinski definition) is 5. The van der Waals surface area contributed by atoms with Gasteiger partial charge in [-0.05, 0) is 48.6 Å². The summed E-state index contributed by atoms with van der Waals surface area (Å²) in [5, 5.41) is 2.81. The van der Waals surface area contributed by atoms with Crippen LogP contribution in [0.2, 0.25) is 0 Å². The second kappa shape index (κ2) is 10.5. The molecule has 0 radical (unpaired) electrons.